The molecule has 8 aromatic heterocycles. The number of aromatic nitrogens is 13. The molecular weight excluding hydrogens is 1670 g/mol. The first-order valence-electron chi connectivity index (χ1n) is 40.0. The van der Waals surface area contributed by atoms with E-state index in [0.717, 1.165) is 33.2 Å². The second-order valence-corrected chi connectivity index (χ2v) is 13.8. The van der Waals surface area contributed by atoms with Gasteiger partial charge in [0.15, 0.2) is 0 Å². The van der Waals surface area contributed by atoms with E-state index in [9.17, 15) is 0 Å². The quantitative estimate of drug-likeness (QED) is 0.220. The molecule has 14 nitrogen and oxygen atoms in total. The van der Waals surface area contributed by atoms with Crippen LogP contribution in [0.15, 0.2) is 292 Å². The minimum absolute atomic E-state index is 0. The molecule has 5 aromatic carbocycles. The molecule has 0 atom stereocenters. The van der Waals surface area contributed by atoms with E-state index in [1.807, 2.05) is 425 Å². The van der Waals surface area contributed by atoms with Gasteiger partial charge in [0.25, 0.3) is 0 Å². The Hall–Kier alpha value is 4.52. The van der Waals surface area contributed by atoms with E-state index in [0.29, 0.717) is 11.8 Å². The third-order valence-corrected chi connectivity index (χ3v) is 8.87. The Morgan fingerprint density at radius 3 is 0.603 bits per heavy atom. The third kappa shape index (κ3) is 123. The molecule has 0 aliphatic rings. The maximum absolute atomic E-state index is 5.63. The van der Waals surface area contributed by atoms with Gasteiger partial charge in [-0.15, -0.1) is 10.2 Å². The summed E-state index contributed by atoms with van der Waals surface area (Å²) in [6.45, 7) is 72.0. The van der Waals surface area contributed by atoms with E-state index in [4.69, 9.17) is 4.42 Å². The van der Waals surface area contributed by atoms with E-state index in [2.05, 4.69) is 89.5 Å². The van der Waals surface area contributed by atoms with Gasteiger partial charge in [-0.1, -0.05) is 352 Å². The molecule has 0 spiro atoms. The molecule has 23 heteroatoms. The van der Waals surface area contributed by atoms with Gasteiger partial charge in [-0.3, -0.25) is 34.9 Å². The zero-order valence-electron chi connectivity index (χ0n) is 92.4. The predicted molar refractivity (Wildman–Crippen MR) is 493 cm³/mol. The van der Waals surface area contributed by atoms with E-state index in [1.54, 1.807) is 80.4 Å². The molecule has 0 radical (unpaired) electrons. The largest absolute Gasteiger partial charge is 1.00 e. The fourth-order valence-corrected chi connectivity index (χ4v) is 5.63. The summed E-state index contributed by atoms with van der Waals surface area (Å²) in [5.74, 6) is 1.09. The molecule has 13 rings (SSSR count). The van der Waals surface area contributed by atoms with Gasteiger partial charge in [0.05, 0.1) is 22.1 Å². The molecule has 0 unspecified atom stereocenters. The second kappa shape index (κ2) is 184. The summed E-state index contributed by atoms with van der Waals surface area (Å²) < 4.78 is 5.63. The van der Waals surface area contributed by atoms with Crippen LogP contribution in [-0.2, 0) is 0 Å². The zero-order chi connectivity index (χ0) is 84.9. The van der Waals surface area contributed by atoms with Crippen LogP contribution in [0.5, 0.6) is 0 Å². The van der Waals surface area contributed by atoms with Crippen LogP contribution in [0.4, 0.5) is 0 Å². The molecular formula is C93H164K9N13O. The van der Waals surface area contributed by atoms with E-state index >= 15 is 0 Å². The van der Waals surface area contributed by atoms with Crippen LogP contribution in [-0.4, -0.2) is 65.3 Å². The number of benzene rings is 5. The summed E-state index contributed by atoms with van der Waals surface area (Å²) in [6.07, 6.45) is 25.2. The number of hydrogen-bond acceptors (Lipinski definition) is 14. The standard InChI is InChI=1S/C14H10N2O.2C9H7N.C8H6N2.C5H5N.3C4H4N2.18C2H6.9K.9H/c1-3-7-11(8-4-1)13-15-16-14(17-13)12-9-5-2-6-10-12;2*1-2-6-9-8(4-1)5-3-7-10-9;1-2-4-8-7(3-1)9-5-6-10-8;1-2-4-6-5-3-1;1-2-6-4-3-5-1;1-2-5-4-6-3-1;1-2-4-6-5-3-1;18*1-2;;;;;;;;;;;;;;;;;;/h1-10H;2*1-7H;1-6H;1-5H;3*1-4H;18*1-2H3;;;;;;;;;;;;;;;;;;/q;;;;;;;;;;;;;;;;;;;;;;;;;;9*+1;9*-1. The number of rotatable bonds is 2. The normalized spacial score (nSPS) is 6.69. The van der Waals surface area contributed by atoms with Gasteiger partial charge in [-0.05, 0) is 91.0 Å². The maximum Gasteiger partial charge on any atom is 1.00 e. The summed E-state index contributed by atoms with van der Waals surface area (Å²) >= 11 is 0. The van der Waals surface area contributed by atoms with Crippen molar-refractivity contribution < 1.29 is 480 Å². The fourth-order valence-electron chi connectivity index (χ4n) is 5.63. The smallest absolute Gasteiger partial charge is 1.00 e. The molecule has 0 bridgehead atoms. The van der Waals surface area contributed by atoms with E-state index in [-0.39, 0.29) is 475 Å². The van der Waals surface area contributed by atoms with Gasteiger partial charge < -0.3 is 17.3 Å². The van der Waals surface area contributed by atoms with Crippen molar-refractivity contribution >= 4 is 32.8 Å². The minimum Gasteiger partial charge on any atom is -1.00 e. The summed E-state index contributed by atoms with van der Waals surface area (Å²) in [7, 11) is 0. The molecule has 13 aromatic rings. The van der Waals surface area contributed by atoms with Gasteiger partial charge in [-0.2, -0.15) is 10.2 Å². The number of nitrogens with zero attached hydrogens (tertiary/aromatic N) is 13. The van der Waals surface area contributed by atoms with Crippen LogP contribution in [0, 0.1) is 0 Å². The van der Waals surface area contributed by atoms with Crippen molar-refractivity contribution in [2.45, 2.75) is 249 Å². The van der Waals surface area contributed by atoms with Crippen molar-refractivity contribution in [3.63, 3.8) is 0 Å². The van der Waals surface area contributed by atoms with Crippen molar-refractivity contribution in [2.24, 2.45) is 0 Å². The first kappa shape index (κ1) is 177. The van der Waals surface area contributed by atoms with Crippen molar-refractivity contribution in [1.82, 2.24) is 65.3 Å². The van der Waals surface area contributed by atoms with Gasteiger partial charge in [0, 0.05) is 109 Å². The number of fused-ring (bicyclic) bond motifs is 3. The number of para-hydroxylation sites is 4. The van der Waals surface area contributed by atoms with Crippen molar-refractivity contribution in [1.29, 1.82) is 0 Å². The van der Waals surface area contributed by atoms with Crippen molar-refractivity contribution in [2.75, 3.05) is 0 Å². The molecule has 8 heterocycles. The SMILES string of the molecule is CC.CC.CC.CC.CC.CC.CC.CC.CC.CC.CC.CC.CC.CC.CC.CC.CC.CC.[H-].[H-].[H-].[H-].[H-].[H-].[H-].[H-].[H-].[K+].[K+].[K+].[K+].[K+].[K+].[K+].[K+].[K+].c1ccc(-c2nnc(-c3ccccc3)o2)cc1.c1ccc2ncccc2c1.c1ccc2ncccc2c1.c1ccc2nccnc2c1.c1ccncc1.c1ccnnc1.c1cnccn1.c1cncnc1. The first-order chi connectivity index (χ1) is 53.3. The molecule has 0 aliphatic heterocycles. The summed E-state index contributed by atoms with van der Waals surface area (Å²) in [5.41, 5.74) is 5.88. The Kier molecular flexibility index (Phi) is 281. The zero-order valence-corrected chi connectivity index (χ0v) is 111. The third-order valence-electron chi connectivity index (χ3n) is 8.87. The molecule has 116 heavy (non-hydrogen) atoms. The van der Waals surface area contributed by atoms with Crippen LogP contribution in [0.3, 0.4) is 0 Å². The molecule has 0 saturated heterocycles. The average Bonchev–Trinajstić information content (AvgIpc) is 1.76. The summed E-state index contributed by atoms with van der Waals surface area (Å²) in [5, 5.41) is 17.6. The number of pyridine rings is 3. The molecule has 0 saturated carbocycles. The summed E-state index contributed by atoms with van der Waals surface area (Å²) in [6, 6.07) is 62.6. The molecule has 616 valence electrons. The van der Waals surface area contributed by atoms with Gasteiger partial charge >= 0.3 is 462 Å². The maximum atomic E-state index is 5.63. The van der Waals surface area contributed by atoms with E-state index in [1.165, 1.54) is 17.1 Å². The van der Waals surface area contributed by atoms with Crippen LogP contribution in [0.2, 0.25) is 0 Å². The molecule has 0 aliphatic carbocycles. The Morgan fingerprint density at radius 1 is 0.181 bits per heavy atom. The van der Waals surface area contributed by atoms with Crippen molar-refractivity contribution in [3.8, 4) is 22.9 Å². The Morgan fingerprint density at radius 2 is 0.397 bits per heavy atom. The molecule has 0 N–H and O–H groups in total. The van der Waals surface area contributed by atoms with Crippen LogP contribution >= 0.6 is 0 Å². The van der Waals surface area contributed by atoms with E-state index < -0.39 is 0 Å². The Labute approximate surface area is 1110 Å². The number of hydrogen-bond donors (Lipinski definition) is 0. The molecule has 0 amide bonds. The topological polar surface area (TPSA) is 181 Å². The minimum atomic E-state index is 0. The first-order valence-corrected chi connectivity index (χ1v) is 40.0. The van der Waals surface area contributed by atoms with Gasteiger partial charge in [0.2, 0.25) is 11.8 Å². The van der Waals surface area contributed by atoms with Crippen molar-refractivity contribution in [3.05, 3.63) is 287 Å². The Balaban J connectivity index is -0.0000000263. The average molecular weight is 1830 g/mol. The van der Waals surface area contributed by atoms with Crippen LogP contribution < -0.4 is 462 Å². The summed E-state index contributed by atoms with van der Waals surface area (Å²) in [4.78, 5) is 35.2. The second-order valence-electron chi connectivity index (χ2n) is 13.8. The predicted octanol–water partition coefficient (Wildman–Crippen LogP) is 4.53. The monoisotopic (exact) mass is 1830 g/mol. The Bertz CT molecular complexity index is 2780. The van der Waals surface area contributed by atoms with Gasteiger partial charge in [-0.25, -0.2) is 9.97 Å². The van der Waals surface area contributed by atoms with Crippen LogP contribution in [0.1, 0.15) is 262 Å². The van der Waals surface area contributed by atoms with Crippen LogP contribution in [0.25, 0.3) is 55.7 Å². The van der Waals surface area contributed by atoms with Gasteiger partial charge in [0.1, 0.15) is 6.33 Å². The molecule has 0 fully saturated rings. The fraction of sp³-hybridized carbons (Fsp3) is 0.387.